The van der Waals surface area contributed by atoms with E-state index < -0.39 is 0 Å². The van der Waals surface area contributed by atoms with Crippen LogP contribution in [0.25, 0.3) is 5.70 Å². The van der Waals surface area contributed by atoms with Crippen molar-refractivity contribution in [3.8, 4) is 5.75 Å². The van der Waals surface area contributed by atoms with Gasteiger partial charge in [-0.2, -0.15) is 0 Å². The van der Waals surface area contributed by atoms with Crippen LogP contribution in [0.15, 0.2) is 78.9 Å². The first-order valence-electron chi connectivity index (χ1n) is 11.5. The molecule has 0 unspecified atom stereocenters. The summed E-state index contributed by atoms with van der Waals surface area (Å²) in [7, 11) is 1.63. The van der Waals surface area contributed by atoms with E-state index >= 15 is 0 Å². The molecule has 0 radical (unpaired) electrons. The molecule has 4 rings (SSSR count). The first kappa shape index (κ1) is 23.3. The van der Waals surface area contributed by atoms with Gasteiger partial charge in [-0.25, -0.2) is 0 Å². The molecule has 3 aromatic carbocycles. The van der Waals surface area contributed by atoms with Gasteiger partial charge in [-0.3, -0.25) is 9.59 Å². The van der Waals surface area contributed by atoms with Gasteiger partial charge in [0.15, 0.2) is 5.78 Å². The van der Waals surface area contributed by atoms with Gasteiger partial charge in [0.05, 0.1) is 7.11 Å². The number of hydrogen-bond donors (Lipinski definition) is 2. The van der Waals surface area contributed by atoms with Crippen molar-refractivity contribution in [1.29, 1.82) is 0 Å². The smallest absolute Gasteiger partial charge is 0.251 e. The van der Waals surface area contributed by atoms with Gasteiger partial charge in [0.1, 0.15) is 5.75 Å². The van der Waals surface area contributed by atoms with Gasteiger partial charge in [0, 0.05) is 40.5 Å². The molecule has 0 spiro atoms. The van der Waals surface area contributed by atoms with Gasteiger partial charge in [-0.05, 0) is 62.1 Å². The number of nitrogens with one attached hydrogen (secondary N) is 2. The number of fused-ring (bicyclic) bond motifs is 1. The lowest BCUT2D eigenvalue weighted by molar-refractivity contribution is 0.0952. The molecular weight excluding hydrogens is 424 g/mol. The summed E-state index contributed by atoms with van der Waals surface area (Å²) in [5.74, 6) is 0.483. The maximum Gasteiger partial charge on any atom is 0.251 e. The average Bonchev–Trinajstić information content (AvgIpc) is 2.84. The zero-order chi connectivity index (χ0) is 24.1. The summed E-state index contributed by atoms with van der Waals surface area (Å²) in [6, 6.07) is 22.8. The van der Waals surface area contributed by atoms with Crippen molar-refractivity contribution in [2.75, 3.05) is 13.7 Å². The average molecular weight is 455 g/mol. The fourth-order valence-corrected chi connectivity index (χ4v) is 4.22. The number of benzene rings is 3. The van der Waals surface area contributed by atoms with E-state index in [0.29, 0.717) is 17.7 Å². The first-order chi connectivity index (χ1) is 16.3. The molecular formula is C29H30N2O3. The van der Waals surface area contributed by atoms with Crippen LogP contribution in [0.5, 0.6) is 5.75 Å². The molecule has 0 aromatic heterocycles. The van der Waals surface area contributed by atoms with E-state index in [9.17, 15) is 9.59 Å². The predicted octanol–water partition coefficient (Wildman–Crippen LogP) is 4.82. The minimum atomic E-state index is -0.171. The summed E-state index contributed by atoms with van der Waals surface area (Å²) in [4.78, 5) is 25.5. The van der Waals surface area contributed by atoms with Crippen LogP contribution in [-0.2, 0) is 12.8 Å². The van der Waals surface area contributed by atoms with Gasteiger partial charge in [-0.1, -0.05) is 48.5 Å². The summed E-state index contributed by atoms with van der Waals surface area (Å²) >= 11 is 0. The molecule has 1 aliphatic heterocycles. The Labute approximate surface area is 200 Å². The number of amides is 1. The SMILES string of the molecule is COc1ccc2c(c1)C(=CC(=O)c1ccc(C(=O)NCCc3ccccc3)cc1)NC(C)(C)C2. The third kappa shape index (κ3) is 5.54. The Morgan fingerprint density at radius 2 is 1.71 bits per heavy atom. The van der Waals surface area contributed by atoms with Crippen molar-refractivity contribution >= 4 is 17.4 Å². The fraction of sp³-hybridized carbons (Fsp3) is 0.241. The number of hydrogen-bond acceptors (Lipinski definition) is 4. The maximum absolute atomic E-state index is 13.1. The summed E-state index contributed by atoms with van der Waals surface area (Å²) in [6.07, 6.45) is 3.26. The summed E-state index contributed by atoms with van der Waals surface area (Å²) in [5, 5.41) is 6.42. The van der Waals surface area contributed by atoms with Gasteiger partial charge < -0.3 is 15.4 Å². The van der Waals surface area contributed by atoms with Gasteiger partial charge in [0.25, 0.3) is 5.91 Å². The highest BCUT2D eigenvalue weighted by Crippen LogP contribution is 2.32. The van der Waals surface area contributed by atoms with E-state index in [-0.39, 0.29) is 17.2 Å². The molecule has 0 aliphatic carbocycles. The van der Waals surface area contributed by atoms with Crippen LogP contribution >= 0.6 is 0 Å². The Morgan fingerprint density at radius 1 is 1.00 bits per heavy atom. The molecule has 1 amide bonds. The van der Waals surface area contributed by atoms with Crippen LogP contribution in [0.2, 0.25) is 0 Å². The third-order valence-corrected chi connectivity index (χ3v) is 5.96. The number of rotatable bonds is 7. The lowest BCUT2D eigenvalue weighted by atomic mass is 9.85. The van der Waals surface area contributed by atoms with Crippen molar-refractivity contribution in [1.82, 2.24) is 10.6 Å². The minimum Gasteiger partial charge on any atom is -0.497 e. The monoisotopic (exact) mass is 454 g/mol. The molecule has 1 aliphatic rings. The number of carbonyl (C=O) groups is 2. The zero-order valence-corrected chi connectivity index (χ0v) is 19.9. The number of ether oxygens (including phenoxy) is 1. The van der Waals surface area contributed by atoms with E-state index in [0.717, 1.165) is 29.9 Å². The quantitative estimate of drug-likeness (QED) is 0.397. The molecule has 0 saturated heterocycles. The molecule has 34 heavy (non-hydrogen) atoms. The van der Waals surface area contributed by atoms with Crippen molar-refractivity contribution in [3.63, 3.8) is 0 Å². The Bertz CT molecular complexity index is 1210. The highest BCUT2D eigenvalue weighted by molar-refractivity contribution is 6.09. The molecule has 3 aromatic rings. The number of ketones is 1. The summed E-state index contributed by atoms with van der Waals surface area (Å²) in [6.45, 7) is 4.79. The van der Waals surface area contributed by atoms with Crippen molar-refractivity contribution < 1.29 is 14.3 Å². The second kappa shape index (κ2) is 9.96. The molecule has 2 N–H and O–H groups in total. The summed E-state index contributed by atoms with van der Waals surface area (Å²) < 4.78 is 5.38. The lowest BCUT2D eigenvalue weighted by Gasteiger charge is -2.35. The van der Waals surface area contributed by atoms with Crippen LogP contribution in [0.1, 0.15) is 51.3 Å². The van der Waals surface area contributed by atoms with Crippen LogP contribution in [0, 0.1) is 0 Å². The number of carbonyl (C=O) groups excluding carboxylic acids is 2. The molecule has 5 heteroatoms. The Hall–Kier alpha value is -3.86. The standard InChI is InChI=1S/C29H30N2O3/c1-29(2)19-23-13-14-24(34-3)17-25(23)26(31-29)18-27(32)21-9-11-22(12-10-21)28(33)30-16-15-20-7-5-4-6-8-20/h4-14,17-18,31H,15-16,19H2,1-3H3,(H,30,33). The van der Waals surface area contributed by atoms with Crippen molar-refractivity contribution in [2.45, 2.75) is 32.2 Å². The molecule has 174 valence electrons. The van der Waals surface area contributed by atoms with Crippen LogP contribution in [0.3, 0.4) is 0 Å². The second-order valence-corrected chi connectivity index (χ2v) is 9.20. The molecule has 0 atom stereocenters. The van der Waals surface area contributed by atoms with E-state index in [1.807, 2.05) is 42.5 Å². The summed E-state index contributed by atoms with van der Waals surface area (Å²) in [5.41, 5.74) is 4.99. The van der Waals surface area contributed by atoms with Gasteiger partial charge in [0.2, 0.25) is 0 Å². The molecule has 0 saturated carbocycles. The lowest BCUT2D eigenvalue weighted by Crippen LogP contribution is -2.43. The third-order valence-electron chi connectivity index (χ3n) is 5.96. The van der Waals surface area contributed by atoms with Gasteiger partial charge >= 0.3 is 0 Å². The van der Waals surface area contributed by atoms with E-state index in [4.69, 9.17) is 4.74 Å². The molecule has 0 bridgehead atoms. The van der Waals surface area contributed by atoms with E-state index in [2.05, 4.69) is 30.5 Å². The molecule has 0 fully saturated rings. The maximum atomic E-state index is 13.1. The molecule has 5 nitrogen and oxygen atoms in total. The second-order valence-electron chi connectivity index (χ2n) is 9.20. The van der Waals surface area contributed by atoms with Crippen LogP contribution < -0.4 is 15.4 Å². The number of allylic oxidation sites excluding steroid dienone is 1. The fourth-order valence-electron chi connectivity index (χ4n) is 4.22. The highest BCUT2D eigenvalue weighted by atomic mass is 16.5. The van der Waals surface area contributed by atoms with E-state index in [1.165, 1.54) is 11.1 Å². The van der Waals surface area contributed by atoms with Crippen LogP contribution in [-0.4, -0.2) is 30.9 Å². The molecule has 1 heterocycles. The van der Waals surface area contributed by atoms with Gasteiger partial charge in [-0.15, -0.1) is 0 Å². The zero-order valence-electron chi connectivity index (χ0n) is 19.9. The van der Waals surface area contributed by atoms with Crippen molar-refractivity contribution in [3.05, 3.63) is 107 Å². The normalized spacial score (nSPS) is 15.2. The predicted molar refractivity (Wildman–Crippen MR) is 135 cm³/mol. The van der Waals surface area contributed by atoms with Crippen LogP contribution in [0.4, 0.5) is 0 Å². The van der Waals surface area contributed by atoms with E-state index in [1.54, 1.807) is 37.5 Å². The topological polar surface area (TPSA) is 67.4 Å². The number of methoxy groups -OCH3 is 1. The highest BCUT2D eigenvalue weighted by Gasteiger charge is 2.28. The minimum absolute atomic E-state index is 0.120. The largest absolute Gasteiger partial charge is 0.497 e. The Kier molecular flexibility index (Phi) is 6.82. The Morgan fingerprint density at radius 3 is 2.41 bits per heavy atom. The first-order valence-corrected chi connectivity index (χ1v) is 11.5. The Balaban J connectivity index is 1.46. The van der Waals surface area contributed by atoms with Crippen molar-refractivity contribution in [2.24, 2.45) is 0 Å².